The molecule has 0 saturated carbocycles. The molecule has 0 bridgehead atoms. The summed E-state index contributed by atoms with van der Waals surface area (Å²) in [4.78, 5) is 25.7. The molecule has 0 aromatic heterocycles. The molecule has 1 aliphatic heterocycles. The number of carbonyl (C=O) groups excluding carboxylic acids is 1. The molecule has 4 N–H and O–H groups in total. The fourth-order valence-corrected chi connectivity index (χ4v) is 3.33. The first-order valence-corrected chi connectivity index (χ1v) is 9.73. The third-order valence-corrected chi connectivity index (χ3v) is 4.78. The molecule has 0 fully saturated rings. The Morgan fingerprint density at radius 1 is 1.16 bits per heavy atom. The van der Waals surface area contributed by atoms with E-state index in [4.69, 9.17) is 21.0 Å². The molecule has 0 atom stereocenters. The van der Waals surface area contributed by atoms with Crippen molar-refractivity contribution < 1.29 is 19.4 Å². The normalized spacial score (nSPS) is 13.4. The highest BCUT2D eigenvalue weighted by Gasteiger charge is 2.34. The quantitative estimate of drug-likeness (QED) is 0.425. The summed E-state index contributed by atoms with van der Waals surface area (Å²) in [5.41, 5.74) is 8.94. The Morgan fingerprint density at radius 2 is 1.77 bits per heavy atom. The first-order chi connectivity index (χ1) is 14.3. The zero-order valence-electron chi connectivity index (χ0n) is 17.4. The van der Waals surface area contributed by atoms with Crippen LogP contribution >= 0.6 is 12.4 Å². The standard InChI is InChI=1S/C23H25N3O4.ClH/c1-14(2)30-19-13-26(18-10-3-15(4-11-18)5-12-20(27)28)23(29)21(19)16-6-8-17(9-7-16)22(24)25;/h3-4,6-11,14H,5,12-13H2,1-2H3,(H3,24,25)(H,27,28);1H. The second kappa shape index (κ2) is 10.1. The van der Waals surface area contributed by atoms with Crippen LogP contribution in [0.4, 0.5) is 5.69 Å². The second-order valence-corrected chi connectivity index (χ2v) is 7.41. The number of anilines is 1. The van der Waals surface area contributed by atoms with Crippen molar-refractivity contribution in [3.63, 3.8) is 0 Å². The van der Waals surface area contributed by atoms with Crippen molar-refractivity contribution in [2.24, 2.45) is 5.73 Å². The van der Waals surface area contributed by atoms with Crippen molar-refractivity contribution in [3.8, 4) is 0 Å². The van der Waals surface area contributed by atoms with E-state index in [2.05, 4.69) is 0 Å². The zero-order chi connectivity index (χ0) is 21.8. The number of carbonyl (C=O) groups is 2. The smallest absolute Gasteiger partial charge is 0.303 e. The monoisotopic (exact) mass is 443 g/mol. The molecule has 2 aromatic rings. The molecule has 0 spiro atoms. The molecule has 31 heavy (non-hydrogen) atoms. The highest BCUT2D eigenvalue weighted by atomic mass is 35.5. The number of ether oxygens (including phenoxy) is 1. The number of rotatable bonds is 8. The molecule has 2 aromatic carbocycles. The second-order valence-electron chi connectivity index (χ2n) is 7.41. The van der Waals surface area contributed by atoms with Crippen LogP contribution in [0.3, 0.4) is 0 Å². The van der Waals surface area contributed by atoms with Crippen LogP contribution in [0.25, 0.3) is 5.57 Å². The number of amides is 1. The van der Waals surface area contributed by atoms with Gasteiger partial charge in [0.2, 0.25) is 0 Å². The van der Waals surface area contributed by atoms with Gasteiger partial charge in [0.15, 0.2) is 0 Å². The van der Waals surface area contributed by atoms with E-state index in [9.17, 15) is 9.59 Å². The van der Waals surface area contributed by atoms with Gasteiger partial charge in [0.25, 0.3) is 5.91 Å². The minimum atomic E-state index is -0.839. The molecule has 0 radical (unpaired) electrons. The van der Waals surface area contributed by atoms with E-state index in [-0.39, 0.29) is 36.7 Å². The Bertz CT molecular complexity index is 998. The van der Waals surface area contributed by atoms with Crippen molar-refractivity contribution in [2.45, 2.75) is 32.8 Å². The topological polar surface area (TPSA) is 117 Å². The third-order valence-electron chi connectivity index (χ3n) is 4.78. The summed E-state index contributed by atoms with van der Waals surface area (Å²) in [5, 5.41) is 16.4. The molecule has 0 aliphatic carbocycles. The number of carboxylic acid groups (broad SMARTS) is 1. The van der Waals surface area contributed by atoms with Crippen LogP contribution < -0.4 is 10.6 Å². The minimum absolute atomic E-state index is 0. The molecule has 7 nitrogen and oxygen atoms in total. The number of nitrogens with two attached hydrogens (primary N) is 1. The van der Waals surface area contributed by atoms with E-state index in [1.165, 1.54) is 0 Å². The Balaban J connectivity index is 0.00000341. The summed E-state index contributed by atoms with van der Waals surface area (Å²) in [6, 6.07) is 14.3. The van der Waals surface area contributed by atoms with E-state index < -0.39 is 5.97 Å². The maximum atomic E-state index is 13.3. The molecule has 3 rings (SSSR count). The summed E-state index contributed by atoms with van der Waals surface area (Å²) in [6.07, 6.45) is 0.422. The molecule has 8 heteroatoms. The summed E-state index contributed by atoms with van der Waals surface area (Å²) in [5.74, 6) is -0.439. The van der Waals surface area contributed by atoms with Gasteiger partial charge in [-0.3, -0.25) is 15.0 Å². The number of nitrogen functional groups attached to an aromatic ring is 1. The van der Waals surface area contributed by atoms with Crippen LogP contribution in [-0.4, -0.2) is 35.5 Å². The Morgan fingerprint density at radius 3 is 2.29 bits per heavy atom. The largest absolute Gasteiger partial charge is 0.493 e. The Kier molecular flexibility index (Phi) is 7.83. The highest BCUT2D eigenvalue weighted by Crippen LogP contribution is 2.33. The van der Waals surface area contributed by atoms with Crippen LogP contribution in [0.2, 0.25) is 0 Å². The van der Waals surface area contributed by atoms with Gasteiger partial charge in [-0.15, -0.1) is 12.4 Å². The number of hydrogen-bond donors (Lipinski definition) is 3. The van der Waals surface area contributed by atoms with Crippen LogP contribution in [-0.2, 0) is 20.7 Å². The van der Waals surface area contributed by atoms with Gasteiger partial charge in [-0.05, 0) is 43.5 Å². The van der Waals surface area contributed by atoms with Gasteiger partial charge in [0.05, 0.1) is 18.2 Å². The summed E-state index contributed by atoms with van der Waals surface area (Å²) >= 11 is 0. The van der Waals surface area contributed by atoms with Crippen LogP contribution in [0.5, 0.6) is 0 Å². The van der Waals surface area contributed by atoms with Gasteiger partial charge in [0, 0.05) is 17.7 Å². The first-order valence-electron chi connectivity index (χ1n) is 9.73. The minimum Gasteiger partial charge on any atom is -0.493 e. The molecule has 1 amide bonds. The maximum absolute atomic E-state index is 13.3. The van der Waals surface area contributed by atoms with Gasteiger partial charge < -0.3 is 20.5 Å². The molecule has 1 aliphatic rings. The fraction of sp³-hybridized carbons (Fsp3) is 0.261. The number of aryl methyl sites for hydroxylation is 1. The van der Waals surface area contributed by atoms with E-state index in [1.54, 1.807) is 29.2 Å². The number of amidine groups is 1. The zero-order valence-corrected chi connectivity index (χ0v) is 18.2. The molecule has 164 valence electrons. The Labute approximate surface area is 187 Å². The lowest BCUT2D eigenvalue weighted by Gasteiger charge is -2.18. The average Bonchev–Trinajstić information content (AvgIpc) is 3.02. The van der Waals surface area contributed by atoms with Gasteiger partial charge in [-0.2, -0.15) is 0 Å². The number of nitrogens with one attached hydrogen (secondary N) is 1. The van der Waals surface area contributed by atoms with E-state index >= 15 is 0 Å². The maximum Gasteiger partial charge on any atom is 0.303 e. The van der Waals surface area contributed by atoms with Crippen LogP contribution in [0, 0.1) is 5.41 Å². The van der Waals surface area contributed by atoms with Crippen LogP contribution in [0.1, 0.15) is 37.0 Å². The van der Waals surface area contributed by atoms with Crippen LogP contribution in [0.15, 0.2) is 54.3 Å². The van der Waals surface area contributed by atoms with E-state index in [1.807, 2.05) is 38.1 Å². The first kappa shape index (κ1) is 24.0. The van der Waals surface area contributed by atoms with Gasteiger partial charge in [-0.1, -0.05) is 36.4 Å². The lowest BCUT2D eigenvalue weighted by Crippen LogP contribution is -2.26. The predicted molar refractivity (Wildman–Crippen MR) is 123 cm³/mol. The summed E-state index contributed by atoms with van der Waals surface area (Å²) in [6.45, 7) is 4.14. The lowest BCUT2D eigenvalue weighted by atomic mass is 10.0. The highest BCUT2D eigenvalue weighted by molar-refractivity contribution is 6.29. The fourth-order valence-electron chi connectivity index (χ4n) is 3.33. The summed E-state index contributed by atoms with van der Waals surface area (Å²) < 4.78 is 5.95. The van der Waals surface area contributed by atoms with Gasteiger partial charge in [0.1, 0.15) is 11.6 Å². The van der Waals surface area contributed by atoms with E-state index in [0.717, 1.165) is 11.3 Å². The van der Waals surface area contributed by atoms with Gasteiger partial charge >= 0.3 is 5.97 Å². The molecular formula is C23H26ClN3O4. The van der Waals surface area contributed by atoms with Crippen molar-refractivity contribution >= 4 is 41.4 Å². The number of aliphatic carboxylic acids is 1. The Hall–Kier alpha value is -3.32. The van der Waals surface area contributed by atoms with Gasteiger partial charge in [-0.25, -0.2) is 0 Å². The molecular weight excluding hydrogens is 418 g/mol. The number of nitrogens with zero attached hydrogens (tertiary/aromatic N) is 1. The average molecular weight is 444 g/mol. The van der Waals surface area contributed by atoms with E-state index in [0.29, 0.717) is 35.4 Å². The number of carboxylic acids is 1. The summed E-state index contributed by atoms with van der Waals surface area (Å²) in [7, 11) is 0. The number of halogens is 1. The predicted octanol–water partition coefficient (Wildman–Crippen LogP) is 3.59. The molecule has 1 heterocycles. The van der Waals surface area contributed by atoms with Crippen molar-refractivity contribution in [2.75, 3.05) is 11.4 Å². The SMILES string of the molecule is CC(C)OC1=C(c2ccc(C(=N)N)cc2)C(=O)N(c2ccc(CCC(=O)O)cc2)C1.Cl. The molecule has 0 saturated heterocycles. The van der Waals surface area contributed by atoms with Crippen molar-refractivity contribution in [1.82, 2.24) is 0 Å². The number of hydrogen-bond acceptors (Lipinski definition) is 4. The third kappa shape index (κ3) is 5.64. The molecule has 0 unspecified atom stereocenters. The van der Waals surface area contributed by atoms with Crippen molar-refractivity contribution in [3.05, 3.63) is 71.0 Å². The lowest BCUT2D eigenvalue weighted by molar-refractivity contribution is -0.137. The number of benzene rings is 2. The van der Waals surface area contributed by atoms with Crippen molar-refractivity contribution in [1.29, 1.82) is 5.41 Å².